The highest BCUT2D eigenvalue weighted by atomic mass is 16.6. The van der Waals surface area contributed by atoms with E-state index in [1.807, 2.05) is 0 Å². The number of nitrogens with zero attached hydrogens (tertiary/aromatic N) is 1. The summed E-state index contributed by atoms with van der Waals surface area (Å²) in [6.07, 6.45) is -0.0420. The Morgan fingerprint density at radius 3 is 3.00 bits per heavy atom. The Morgan fingerprint density at radius 2 is 2.36 bits per heavy atom. The second kappa shape index (κ2) is 3.10. The average Bonchev–Trinajstić information content (AvgIpc) is 2.33. The van der Waals surface area contributed by atoms with Gasteiger partial charge in [0, 0.05) is 6.54 Å². The first-order valence-corrected chi connectivity index (χ1v) is 4.93. The van der Waals surface area contributed by atoms with Crippen molar-refractivity contribution >= 4 is 6.09 Å². The molecule has 0 aromatic heterocycles. The molecule has 1 amide bonds. The molecule has 0 aliphatic carbocycles. The van der Waals surface area contributed by atoms with Crippen LogP contribution in [0.5, 0.6) is 0 Å². The highest BCUT2D eigenvalue weighted by molar-refractivity contribution is 5.67. The second-order valence-corrected chi connectivity index (χ2v) is 4.32. The third-order valence-electron chi connectivity index (χ3n) is 2.95. The number of amides is 1. The first kappa shape index (κ1) is 9.73. The van der Waals surface area contributed by atoms with Crippen molar-refractivity contribution in [1.82, 2.24) is 10.2 Å². The Balaban J connectivity index is 2.23. The maximum atomic E-state index is 11.1. The smallest absolute Gasteiger partial charge is 0.409 e. The van der Waals surface area contributed by atoms with Crippen LogP contribution in [0.25, 0.3) is 0 Å². The fourth-order valence-corrected chi connectivity index (χ4v) is 2.43. The monoisotopic (exact) mass is 200 g/mol. The van der Waals surface area contributed by atoms with Gasteiger partial charge in [-0.05, 0) is 26.8 Å². The van der Waals surface area contributed by atoms with E-state index in [0.717, 1.165) is 19.5 Å². The number of nitrogens with one attached hydrogen (secondary N) is 1. The zero-order valence-electron chi connectivity index (χ0n) is 8.49. The van der Waals surface area contributed by atoms with Crippen LogP contribution >= 0.6 is 0 Å². The lowest BCUT2D eigenvalue weighted by atomic mass is 10.0. The number of piperidine rings is 1. The Kier molecular flexibility index (Phi) is 2.16. The minimum absolute atomic E-state index is 0.00912. The fraction of sp³-hybridized carbons (Fsp3) is 0.889. The van der Waals surface area contributed by atoms with E-state index >= 15 is 0 Å². The Morgan fingerprint density at radius 1 is 1.64 bits per heavy atom. The van der Waals surface area contributed by atoms with Gasteiger partial charge in [0.1, 0.15) is 5.72 Å². The summed E-state index contributed by atoms with van der Waals surface area (Å²) in [5, 5.41) is 12.3. The van der Waals surface area contributed by atoms with Crippen LogP contribution in [-0.2, 0) is 4.74 Å². The predicted molar refractivity (Wildman–Crippen MR) is 50.1 cm³/mol. The van der Waals surface area contributed by atoms with E-state index in [2.05, 4.69) is 5.32 Å². The molecule has 0 aromatic rings. The molecule has 0 bridgehead atoms. The fourth-order valence-electron chi connectivity index (χ4n) is 2.43. The normalized spacial score (nSPS) is 35.4. The first-order valence-electron chi connectivity index (χ1n) is 4.93. The summed E-state index contributed by atoms with van der Waals surface area (Å²) in [5.41, 5.74) is -0.687. The molecule has 0 radical (unpaired) electrons. The summed E-state index contributed by atoms with van der Waals surface area (Å²) in [6, 6.07) is 0.0174. The van der Waals surface area contributed by atoms with Crippen LogP contribution in [-0.4, -0.2) is 47.1 Å². The van der Waals surface area contributed by atoms with Crippen LogP contribution in [0.1, 0.15) is 20.3 Å². The minimum atomic E-state index is -0.885. The molecular weight excluding hydrogens is 184 g/mol. The van der Waals surface area contributed by atoms with Gasteiger partial charge in [-0.1, -0.05) is 0 Å². The molecule has 5 nitrogen and oxygen atoms in total. The van der Waals surface area contributed by atoms with Crippen molar-refractivity contribution in [3.63, 3.8) is 0 Å². The highest BCUT2D eigenvalue weighted by Gasteiger charge is 2.50. The van der Waals surface area contributed by atoms with Gasteiger partial charge in [-0.15, -0.1) is 0 Å². The van der Waals surface area contributed by atoms with Crippen molar-refractivity contribution in [3.8, 4) is 0 Å². The van der Waals surface area contributed by atoms with E-state index in [0.29, 0.717) is 0 Å². The largest absolute Gasteiger partial charge is 0.465 e. The van der Waals surface area contributed by atoms with Gasteiger partial charge in [0.25, 0.3) is 0 Å². The number of carboxylic acid groups (broad SMARTS) is 1. The third-order valence-corrected chi connectivity index (χ3v) is 2.95. The van der Waals surface area contributed by atoms with E-state index < -0.39 is 11.8 Å². The van der Waals surface area contributed by atoms with E-state index in [4.69, 9.17) is 9.84 Å². The molecule has 2 unspecified atom stereocenters. The van der Waals surface area contributed by atoms with E-state index in [1.54, 1.807) is 13.8 Å². The summed E-state index contributed by atoms with van der Waals surface area (Å²) in [4.78, 5) is 12.5. The van der Waals surface area contributed by atoms with Gasteiger partial charge in [0.05, 0.1) is 12.1 Å². The molecule has 2 rings (SSSR count). The van der Waals surface area contributed by atoms with Gasteiger partial charge in [-0.25, -0.2) is 4.79 Å². The number of fused-ring (bicyclic) bond motifs is 1. The maximum absolute atomic E-state index is 11.1. The molecule has 14 heavy (non-hydrogen) atoms. The number of carbonyl (C=O) groups is 1. The summed E-state index contributed by atoms with van der Waals surface area (Å²) in [5.74, 6) is 0. The van der Waals surface area contributed by atoms with Crippen LogP contribution in [0, 0.1) is 0 Å². The lowest BCUT2D eigenvalue weighted by molar-refractivity contribution is -0.0649. The molecule has 2 atom stereocenters. The van der Waals surface area contributed by atoms with Crippen molar-refractivity contribution in [2.24, 2.45) is 0 Å². The highest BCUT2D eigenvalue weighted by Crippen LogP contribution is 2.34. The number of hydrogen-bond acceptors (Lipinski definition) is 3. The van der Waals surface area contributed by atoms with Crippen molar-refractivity contribution in [3.05, 3.63) is 0 Å². The third kappa shape index (κ3) is 1.36. The summed E-state index contributed by atoms with van der Waals surface area (Å²) in [7, 11) is 0. The molecule has 5 heteroatoms. The molecule has 0 aromatic carbocycles. The van der Waals surface area contributed by atoms with E-state index in [-0.39, 0.29) is 12.1 Å². The summed E-state index contributed by atoms with van der Waals surface area (Å²) >= 11 is 0. The van der Waals surface area contributed by atoms with Crippen molar-refractivity contribution < 1.29 is 14.6 Å². The quantitative estimate of drug-likeness (QED) is 0.596. The van der Waals surface area contributed by atoms with E-state index in [9.17, 15) is 4.79 Å². The van der Waals surface area contributed by atoms with Crippen molar-refractivity contribution in [1.29, 1.82) is 0 Å². The Labute approximate surface area is 83.0 Å². The van der Waals surface area contributed by atoms with Gasteiger partial charge in [-0.2, -0.15) is 0 Å². The predicted octanol–water partition coefficient (Wildman–Crippen LogP) is 0.463. The van der Waals surface area contributed by atoms with Crippen LogP contribution < -0.4 is 5.32 Å². The van der Waals surface area contributed by atoms with Gasteiger partial charge in [-0.3, -0.25) is 4.90 Å². The van der Waals surface area contributed by atoms with Crippen molar-refractivity contribution in [2.75, 3.05) is 13.1 Å². The van der Waals surface area contributed by atoms with Gasteiger partial charge >= 0.3 is 6.09 Å². The number of rotatable bonds is 0. The summed E-state index contributed by atoms with van der Waals surface area (Å²) < 4.78 is 5.71. The van der Waals surface area contributed by atoms with Crippen LogP contribution in [0.15, 0.2) is 0 Å². The topological polar surface area (TPSA) is 61.8 Å². The standard InChI is InChI=1S/C9H16N2O3/c1-9(2)11(8(12)13)6-3-4-10-5-7(6)14-9/h6-7,10H,3-5H2,1-2H3,(H,12,13). The van der Waals surface area contributed by atoms with Crippen molar-refractivity contribution in [2.45, 2.75) is 38.1 Å². The van der Waals surface area contributed by atoms with Crippen LogP contribution in [0.3, 0.4) is 0 Å². The zero-order valence-corrected chi connectivity index (χ0v) is 8.49. The molecular formula is C9H16N2O3. The molecule has 2 heterocycles. The molecule has 2 aliphatic rings. The number of hydrogen-bond donors (Lipinski definition) is 2. The molecule has 2 saturated heterocycles. The zero-order chi connectivity index (χ0) is 10.3. The van der Waals surface area contributed by atoms with Gasteiger partial charge in [0.15, 0.2) is 0 Å². The number of ether oxygens (including phenoxy) is 1. The lowest BCUT2D eigenvalue weighted by Gasteiger charge is -2.32. The molecule has 0 spiro atoms. The Hall–Kier alpha value is -0.810. The maximum Gasteiger partial charge on any atom is 0.409 e. The van der Waals surface area contributed by atoms with Crippen LogP contribution in [0.4, 0.5) is 4.79 Å². The second-order valence-electron chi connectivity index (χ2n) is 4.32. The lowest BCUT2D eigenvalue weighted by Crippen LogP contribution is -2.51. The minimum Gasteiger partial charge on any atom is -0.465 e. The van der Waals surface area contributed by atoms with E-state index in [1.165, 1.54) is 4.90 Å². The van der Waals surface area contributed by atoms with Crippen LogP contribution in [0.2, 0.25) is 0 Å². The molecule has 2 fully saturated rings. The first-order chi connectivity index (χ1) is 6.52. The van der Waals surface area contributed by atoms with Gasteiger partial charge in [0.2, 0.25) is 0 Å². The average molecular weight is 200 g/mol. The Bertz CT molecular complexity index is 254. The summed E-state index contributed by atoms with van der Waals surface area (Å²) in [6.45, 7) is 5.22. The SMILES string of the molecule is CC1(C)OC2CNCCC2N1C(=O)O. The van der Waals surface area contributed by atoms with Gasteiger partial charge < -0.3 is 15.2 Å². The molecule has 80 valence electrons. The molecule has 0 saturated carbocycles. The molecule has 2 N–H and O–H groups in total. The molecule has 2 aliphatic heterocycles.